The lowest BCUT2D eigenvalue weighted by Crippen LogP contribution is -2.40. The van der Waals surface area contributed by atoms with Gasteiger partial charge in [-0.25, -0.2) is 17.2 Å². The molecule has 0 radical (unpaired) electrons. The first kappa shape index (κ1) is 30.3. The Morgan fingerprint density at radius 3 is 2.27 bits per heavy atom. The monoisotopic (exact) mass is 630 g/mol. The zero-order valence-corrected chi connectivity index (χ0v) is 25.3. The molecule has 1 aromatic heterocycles. The molecule has 2 aromatic carbocycles. The average molecular weight is 631 g/mol. The quantitative estimate of drug-likeness (QED) is 0.317. The molecule has 6 rings (SSSR count). The van der Waals surface area contributed by atoms with Gasteiger partial charge in [-0.2, -0.15) is 9.97 Å². The Labute approximate surface area is 254 Å². The molecule has 3 aliphatic rings. The van der Waals surface area contributed by atoms with Crippen LogP contribution < -0.4 is 24.6 Å². The summed E-state index contributed by atoms with van der Waals surface area (Å²) in [5, 5.41) is 13.2. The number of aliphatic hydroxyl groups is 1. The molecule has 11 nitrogen and oxygen atoms in total. The number of hydrogen-bond acceptors (Lipinski definition) is 9. The molecule has 1 aliphatic carbocycles. The first-order valence-electron chi connectivity index (χ1n) is 14.8. The van der Waals surface area contributed by atoms with Crippen molar-refractivity contribution in [1.82, 2.24) is 9.97 Å². The summed E-state index contributed by atoms with van der Waals surface area (Å²) in [4.78, 5) is 26.8. The Bertz CT molecular complexity index is 1660. The van der Waals surface area contributed by atoms with Crippen LogP contribution >= 0.6 is 0 Å². The number of carbonyl (C=O) groups is 1. The SMILES string of the molecule is COc1cc(NC(=O)c2c(N3CCC4(CC3)CC4)cc(NS(=O)(=O)CCO)c3ccccc23)nc(N2CCC(F)(F)CC2)n1. The van der Waals surface area contributed by atoms with Crippen molar-refractivity contribution in [2.75, 3.05) is 65.5 Å². The molecule has 236 valence electrons. The van der Waals surface area contributed by atoms with Gasteiger partial charge < -0.3 is 25.0 Å². The van der Waals surface area contributed by atoms with Crippen LogP contribution in [0.5, 0.6) is 5.88 Å². The Morgan fingerprint density at radius 2 is 1.64 bits per heavy atom. The van der Waals surface area contributed by atoms with Crippen molar-refractivity contribution in [2.45, 2.75) is 44.4 Å². The Kier molecular flexibility index (Phi) is 7.99. The zero-order chi connectivity index (χ0) is 31.1. The lowest BCUT2D eigenvalue weighted by Gasteiger charge is -2.35. The van der Waals surface area contributed by atoms with E-state index < -0.39 is 34.2 Å². The van der Waals surface area contributed by atoms with Crippen LogP contribution in [-0.2, 0) is 10.0 Å². The third-order valence-corrected chi connectivity index (χ3v) is 10.2. The molecule has 3 aromatic rings. The van der Waals surface area contributed by atoms with Gasteiger partial charge in [0.05, 0.1) is 36.4 Å². The van der Waals surface area contributed by atoms with Gasteiger partial charge in [0, 0.05) is 50.5 Å². The second-order valence-corrected chi connectivity index (χ2v) is 13.7. The Hall–Kier alpha value is -3.78. The normalized spacial score (nSPS) is 19.2. The molecule has 0 bridgehead atoms. The lowest BCUT2D eigenvalue weighted by molar-refractivity contribution is -0.0222. The van der Waals surface area contributed by atoms with Crippen LogP contribution in [0.1, 0.15) is 48.9 Å². The van der Waals surface area contributed by atoms with Crippen molar-refractivity contribution in [3.63, 3.8) is 0 Å². The predicted molar refractivity (Wildman–Crippen MR) is 164 cm³/mol. The smallest absolute Gasteiger partial charge is 0.259 e. The first-order chi connectivity index (χ1) is 21.0. The topological polar surface area (TPSA) is 137 Å². The molecular weight excluding hydrogens is 594 g/mol. The number of sulfonamides is 1. The number of aromatic nitrogens is 2. The van der Waals surface area contributed by atoms with Gasteiger partial charge in [0.15, 0.2) is 0 Å². The summed E-state index contributed by atoms with van der Waals surface area (Å²) in [6, 6.07) is 10.2. The molecule has 3 fully saturated rings. The summed E-state index contributed by atoms with van der Waals surface area (Å²) in [5.41, 5.74) is 1.63. The fraction of sp³-hybridized carbons (Fsp3) is 0.500. The fourth-order valence-corrected chi connectivity index (χ4v) is 6.95. The number of piperidine rings is 2. The number of nitrogens with zero attached hydrogens (tertiary/aromatic N) is 4. The van der Waals surface area contributed by atoms with E-state index in [1.165, 1.54) is 26.0 Å². The molecule has 3 heterocycles. The van der Waals surface area contributed by atoms with E-state index in [-0.39, 0.29) is 43.6 Å². The highest BCUT2D eigenvalue weighted by Gasteiger charge is 2.45. The van der Waals surface area contributed by atoms with E-state index in [2.05, 4.69) is 24.9 Å². The molecule has 0 atom stereocenters. The number of carbonyl (C=O) groups excluding carboxylic acids is 1. The second-order valence-electron chi connectivity index (χ2n) is 11.9. The van der Waals surface area contributed by atoms with Gasteiger partial charge in [-0.15, -0.1) is 0 Å². The van der Waals surface area contributed by atoms with Crippen molar-refractivity contribution in [3.8, 4) is 5.88 Å². The number of benzene rings is 2. The minimum absolute atomic E-state index is 0.0619. The maximum absolute atomic E-state index is 14.2. The third kappa shape index (κ3) is 6.36. The molecule has 14 heteroatoms. The highest BCUT2D eigenvalue weighted by Crippen LogP contribution is 2.54. The second kappa shape index (κ2) is 11.6. The van der Waals surface area contributed by atoms with E-state index in [9.17, 15) is 27.1 Å². The van der Waals surface area contributed by atoms with E-state index in [1.54, 1.807) is 35.2 Å². The third-order valence-electron chi connectivity index (χ3n) is 8.92. The van der Waals surface area contributed by atoms with Crippen LogP contribution in [0.2, 0.25) is 0 Å². The van der Waals surface area contributed by atoms with Crippen LogP contribution in [0, 0.1) is 5.41 Å². The minimum atomic E-state index is -3.85. The number of hydrogen-bond donors (Lipinski definition) is 3. The van der Waals surface area contributed by atoms with Gasteiger partial charge >= 0.3 is 0 Å². The van der Waals surface area contributed by atoms with Gasteiger partial charge in [0.25, 0.3) is 11.8 Å². The number of methoxy groups -OCH3 is 1. The van der Waals surface area contributed by atoms with Crippen molar-refractivity contribution in [3.05, 3.63) is 42.0 Å². The minimum Gasteiger partial charge on any atom is -0.481 e. The Morgan fingerprint density at radius 1 is 0.977 bits per heavy atom. The predicted octanol–water partition coefficient (Wildman–Crippen LogP) is 4.24. The maximum Gasteiger partial charge on any atom is 0.259 e. The van der Waals surface area contributed by atoms with Crippen molar-refractivity contribution in [2.24, 2.45) is 5.41 Å². The zero-order valence-electron chi connectivity index (χ0n) is 24.5. The highest BCUT2D eigenvalue weighted by molar-refractivity contribution is 7.92. The first-order valence-corrected chi connectivity index (χ1v) is 16.4. The van der Waals surface area contributed by atoms with Crippen LogP contribution in [0.4, 0.5) is 31.9 Å². The summed E-state index contributed by atoms with van der Waals surface area (Å²) < 4.78 is 61.0. The van der Waals surface area contributed by atoms with E-state index >= 15 is 0 Å². The number of amides is 1. The molecule has 1 amide bonds. The van der Waals surface area contributed by atoms with Gasteiger partial charge in [-0.3, -0.25) is 9.52 Å². The number of anilines is 4. The molecule has 2 aliphatic heterocycles. The number of ether oxygens (including phenoxy) is 1. The molecule has 1 spiro atoms. The number of nitrogens with one attached hydrogen (secondary N) is 2. The summed E-state index contributed by atoms with van der Waals surface area (Å²) in [6.45, 7) is 1.02. The molecule has 0 unspecified atom stereocenters. The molecule has 44 heavy (non-hydrogen) atoms. The van der Waals surface area contributed by atoms with Gasteiger partial charge in [0.1, 0.15) is 5.82 Å². The summed E-state index contributed by atoms with van der Waals surface area (Å²) >= 11 is 0. The summed E-state index contributed by atoms with van der Waals surface area (Å²) in [7, 11) is -2.42. The summed E-state index contributed by atoms with van der Waals surface area (Å²) in [6.07, 6.45) is 3.71. The van der Waals surface area contributed by atoms with Crippen molar-refractivity contribution < 1.29 is 31.8 Å². The average Bonchev–Trinajstić information content (AvgIpc) is 3.75. The van der Waals surface area contributed by atoms with Crippen LogP contribution in [0.25, 0.3) is 10.8 Å². The molecule has 1 saturated carbocycles. The Balaban J connectivity index is 1.39. The molecular formula is C30H36F2N6O5S. The standard InChI is InChI=1S/C30H36F2N6O5S/c1-43-25-19-24(34-28(35-25)38-14-10-30(31,32)11-15-38)33-27(40)26-21-5-3-2-4-20(21)22(36-44(41,42)17-16-39)18-23(26)37-12-8-29(6-7-29)9-13-37/h2-5,18-19,36,39H,6-17H2,1H3,(H,33,34,35,40). The van der Waals surface area contributed by atoms with Gasteiger partial charge in [0.2, 0.25) is 21.9 Å². The number of alkyl halides is 2. The van der Waals surface area contributed by atoms with Crippen molar-refractivity contribution in [1.29, 1.82) is 0 Å². The number of halogens is 2. The van der Waals surface area contributed by atoms with Gasteiger partial charge in [-0.1, -0.05) is 24.3 Å². The van der Waals surface area contributed by atoms with Crippen LogP contribution in [0.15, 0.2) is 36.4 Å². The number of aliphatic hydroxyl groups excluding tert-OH is 1. The summed E-state index contributed by atoms with van der Waals surface area (Å²) in [5.74, 6) is -3.17. The van der Waals surface area contributed by atoms with E-state index in [4.69, 9.17) is 4.74 Å². The highest BCUT2D eigenvalue weighted by atomic mass is 32.2. The van der Waals surface area contributed by atoms with Crippen LogP contribution in [-0.4, -0.2) is 81.0 Å². The lowest BCUT2D eigenvalue weighted by atomic mass is 9.92. The molecule has 2 saturated heterocycles. The van der Waals surface area contributed by atoms with Crippen LogP contribution in [0.3, 0.4) is 0 Å². The fourth-order valence-electron chi connectivity index (χ4n) is 6.11. The maximum atomic E-state index is 14.2. The van der Waals surface area contributed by atoms with E-state index in [0.29, 0.717) is 46.2 Å². The van der Waals surface area contributed by atoms with E-state index in [0.717, 1.165) is 12.8 Å². The van der Waals surface area contributed by atoms with Gasteiger partial charge in [-0.05, 0) is 42.6 Å². The molecule has 3 N–H and O–H groups in total. The largest absolute Gasteiger partial charge is 0.481 e. The van der Waals surface area contributed by atoms with E-state index in [1.807, 2.05) is 0 Å². The number of fused-ring (bicyclic) bond motifs is 1. The van der Waals surface area contributed by atoms with Crippen molar-refractivity contribution >= 4 is 49.8 Å². The number of rotatable bonds is 9.